The molecule has 0 spiro atoms. The van der Waals surface area contributed by atoms with Crippen molar-refractivity contribution in [3.8, 4) is 0 Å². The van der Waals surface area contributed by atoms with Crippen molar-refractivity contribution < 1.29 is 14.6 Å². The molecule has 0 saturated heterocycles. The third-order valence-electron chi connectivity index (χ3n) is 2.43. The fourth-order valence-electron chi connectivity index (χ4n) is 1.12. The summed E-state index contributed by atoms with van der Waals surface area (Å²) in [5.41, 5.74) is -0.691. The summed E-state index contributed by atoms with van der Waals surface area (Å²) in [6.45, 7) is 8.47. The van der Waals surface area contributed by atoms with E-state index in [4.69, 9.17) is 9.84 Å². The molecule has 0 unspecified atom stereocenters. The summed E-state index contributed by atoms with van der Waals surface area (Å²) < 4.78 is 5.40. The number of carbonyl (C=O) groups is 1. The van der Waals surface area contributed by atoms with Crippen LogP contribution in [0.4, 0.5) is 0 Å². The van der Waals surface area contributed by atoms with Crippen LogP contribution in [0, 0.1) is 5.41 Å². The van der Waals surface area contributed by atoms with Crippen LogP contribution in [0.15, 0.2) is 0 Å². The zero-order valence-corrected chi connectivity index (χ0v) is 10.7. The molecule has 0 aliphatic heterocycles. The van der Waals surface area contributed by atoms with Crippen LogP contribution in [0.3, 0.4) is 0 Å². The van der Waals surface area contributed by atoms with Crippen LogP contribution in [0.2, 0.25) is 0 Å². The monoisotopic (exact) mass is 231 g/mol. The minimum Gasteiger partial charge on any atom is -0.481 e. The summed E-state index contributed by atoms with van der Waals surface area (Å²) in [6.07, 6.45) is 3.20. The zero-order chi connectivity index (χ0) is 12.4. The van der Waals surface area contributed by atoms with Gasteiger partial charge in [-0.3, -0.25) is 4.79 Å². The Labute approximate surface area is 98.4 Å². The van der Waals surface area contributed by atoms with E-state index in [2.05, 4.69) is 12.2 Å². The average Bonchev–Trinajstić information content (AvgIpc) is 2.21. The molecular weight excluding hydrogens is 206 g/mol. The van der Waals surface area contributed by atoms with Gasteiger partial charge in [-0.1, -0.05) is 13.3 Å². The first-order valence-electron chi connectivity index (χ1n) is 6.02. The number of unbranched alkanes of at least 4 members (excludes halogenated alkanes) is 1. The van der Waals surface area contributed by atoms with Gasteiger partial charge in [-0.15, -0.1) is 0 Å². The lowest BCUT2D eigenvalue weighted by atomic mass is 9.94. The van der Waals surface area contributed by atoms with Crippen LogP contribution in [0.25, 0.3) is 0 Å². The summed E-state index contributed by atoms with van der Waals surface area (Å²) in [6, 6.07) is 0. The van der Waals surface area contributed by atoms with Gasteiger partial charge in [0, 0.05) is 19.8 Å². The normalized spacial score (nSPS) is 11.7. The quantitative estimate of drug-likeness (QED) is 0.564. The number of hydrogen-bond donors (Lipinski definition) is 2. The van der Waals surface area contributed by atoms with E-state index < -0.39 is 11.4 Å². The largest absolute Gasteiger partial charge is 0.481 e. The lowest BCUT2D eigenvalue weighted by Crippen LogP contribution is -2.36. The van der Waals surface area contributed by atoms with Crippen molar-refractivity contribution in [1.29, 1.82) is 0 Å². The minimum absolute atomic E-state index is 0.497. The van der Waals surface area contributed by atoms with Gasteiger partial charge < -0.3 is 15.2 Å². The van der Waals surface area contributed by atoms with Crippen LogP contribution in [0.5, 0.6) is 0 Å². The Morgan fingerprint density at radius 3 is 2.50 bits per heavy atom. The topological polar surface area (TPSA) is 58.6 Å². The molecule has 4 heteroatoms. The molecule has 0 aromatic heterocycles. The fraction of sp³-hybridized carbons (Fsp3) is 0.917. The molecule has 0 rings (SSSR count). The van der Waals surface area contributed by atoms with Gasteiger partial charge in [0.05, 0.1) is 5.41 Å². The highest BCUT2D eigenvalue weighted by molar-refractivity contribution is 5.73. The molecule has 96 valence electrons. The van der Waals surface area contributed by atoms with Gasteiger partial charge in [-0.2, -0.15) is 0 Å². The van der Waals surface area contributed by atoms with Gasteiger partial charge >= 0.3 is 5.97 Å². The lowest BCUT2D eigenvalue weighted by Gasteiger charge is -2.19. The van der Waals surface area contributed by atoms with E-state index in [0.29, 0.717) is 6.54 Å². The maximum Gasteiger partial charge on any atom is 0.310 e. The number of carboxylic acid groups (broad SMARTS) is 1. The molecular formula is C12H25NO3. The Bertz CT molecular complexity index is 193. The molecule has 0 aliphatic rings. The molecule has 2 N–H and O–H groups in total. The van der Waals surface area contributed by atoms with Crippen molar-refractivity contribution in [2.45, 2.75) is 40.0 Å². The molecule has 0 radical (unpaired) electrons. The number of nitrogens with one attached hydrogen (secondary N) is 1. The maximum atomic E-state index is 10.8. The predicted octanol–water partition coefficient (Wildman–Crippen LogP) is 1.89. The van der Waals surface area contributed by atoms with E-state index in [0.717, 1.165) is 39.0 Å². The Hall–Kier alpha value is -0.610. The molecule has 0 aliphatic carbocycles. The van der Waals surface area contributed by atoms with Gasteiger partial charge in [0.2, 0.25) is 0 Å². The van der Waals surface area contributed by atoms with Crippen molar-refractivity contribution in [2.24, 2.45) is 5.41 Å². The summed E-state index contributed by atoms with van der Waals surface area (Å²) in [5, 5.41) is 12.0. The smallest absolute Gasteiger partial charge is 0.310 e. The van der Waals surface area contributed by atoms with Crippen molar-refractivity contribution in [1.82, 2.24) is 5.32 Å². The summed E-state index contributed by atoms with van der Waals surface area (Å²) in [4.78, 5) is 10.8. The molecule has 0 heterocycles. The zero-order valence-electron chi connectivity index (χ0n) is 10.7. The molecule has 0 saturated carbocycles. The molecule has 16 heavy (non-hydrogen) atoms. The lowest BCUT2D eigenvalue weighted by molar-refractivity contribution is -0.146. The number of rotatable bonds is 10. The Morgan fingerprint density at radius 1 is 1.31 bits per heavy atom. The first-order chi connectivity index (χ1) is 7.50. The highest BCUT2D eigenvalue weighted by Crippen LogP contribution is 2.12. The summed E-state index contributed by atoms with van der Waals surface area (Å²) >= 11 is 0. The van der Waals surface area contributed by atoms with Gasteiger partial charge in [-0.25, -0.2) is 0 Å². The second-order valence-corrected chi connectivity index (χ2v) is 4.69. The number of carboxylic acids is 1. The van der Waals surface area contributed by atoms with E-state index in [-0.39, 0.29) is 0 Å². The Balaban J connectivity index is 3.30. The summed E-state index contributed by atoms with van der Waals surface area (Å²) in [5.74, 6) is -0.765. The molecule has 0 aromatic carbocycles. The van der Waals surface area contributed by atoms with E-state index >= 15 is 0 Å². The van der Waals surface area contributed by atoms with E-state index in [1.165, 1.54) is 0 Å². The van der Waals surface area contributed by atoms with E-state index in [9.17, 15) is 4.79 Å². The minimum atomic E-state index is -0.765. The Morgan fingerprint density at radius 2 is 1.94 bits per heavy atom. The van der Waals surface area contributed by atoms with Crippen molar-refractivity contribution in [2.75, 3.05) is 26.3 Å². The average molecular weight is 231 g/mol. The molecule has 4 nitrogen and oxygen atoms in total. The molecule has 0 bridgehead atoms. The van der Waals surface area contributed by atoms with Crippen LogP contribution < -0.4 is 5.32 Å². The fourth-order valence-corrected chi connectivity index (χ4v) is 1.12. The second-order valence-electron chi connectivity index (χ2n) is 4.69. The van der Waals surface area contributed by atoms with E-state index in [1.807, 2.05) is 0 Å². The predicted molar refractivity (Wildman–Crippen MR) is 64.6 cm³/mol. The van der Waals surface area contributed by atoms with Crippen molar-refractivity contribution in [3.05, 3.63) is 0 Å². The third-order valence-corrected chi connectivity index (χ3v) is 2.43. The number of hydrogen-bond acceptors (Lipinski definition) is 3. The van der Waals surface area contributed by atoms with Crippen LogP contribution in [-0.2, 0) is 9.53 Å². The highest BCUT2D eigenvalue weighted by Gasteiger charge is 2.25. The standard InChI is InChI=1S/C12H25NO3/c1-4-5-8-16-9-6-7-13-10-12(2,3)11(14)15/h13H,4-10H2,1-3H3,(H,14,15). The Kier molecular flexibility index (Phi) is 8.21. The van der Waals surface area contributed by atoms with Crippen LogP contribution >= 0.6 is 0 Å². The number of ether oxygens (including phenoxy) is 1. The maximum absolute atomic E-state index is 10.8. The van der Waals surface area contributed by atoms with Crippen LogP contribution in [-0.4, -0.2) is 37.4 Å². The first-order valence-corrected chi connectivity index (χ1v) is 6.02. The third kappa shape index (κ3) is 7.65. The van der Waals surface area contributed by atoms with Crippen molar-refractivity contribution >= 4 is 5.97 Å². The summed E-state index contributed by atoms with van der Waals surface area (Å²) in [7, 11) is 0. The van der Waals surface area contributed by atoms with Gasteiger partial charge in [0.25, 0.3) is 0 Å². The molecule has 0 fully saturated rings. The van der Waals surface area contributed by atoms with Crippen LogP contribution in [0.1, 0.15) is 40.0 Å². The molecule has 0 amide bonds. The van der Waals surface area contributed by atoms with Gasteiger partial charge in [0.15, 0.2) is 0 Å². The SMILES string of the molecule is CCCCOCCCNCC(C)(C)C(=O)O. The number of aliphatic carboxylic acids is 1. The second kappa shape index (κ2) is 8.53. The molecule has 0 atom stereocenters. The van der Waals surface area contributed by atoms with Gasteiger partial charge in [0.1, 0.15) is 0 Å². The molecule has 0 aromatic rings. The van der Waals surface area contributed by atoms with Crippen molar-refractivity contribution in [3.63, 3.8) is 0 Å². The van der Waals surface area contributed by atoms with E-state index in [1.54, 1.807) is 13.8 Å². The van der Waals surface area contributed by atoms with Gasteiger partial charge in [-0.05, 0) is 33.2 Å². The highest BCUT2D eigenvalue weighted by atomic mass is 16.5. The first kappa shape index (κ1) is 15.4.